The molecule has 1 heterocycles. The average molecular weight is 395 g/mol. The van der Waals surface area contributed by atoms with Gasteiger partial charge in [-0.2, -0.15) is 0 Å². The zero-order valence-electron chi connectivity index (χ0n) is 17.0. The molecule has 1 aromatic carbocycles. The largest absolute Gasteiger partial charge is 0.401 e. The van der Waals surface area contributed by atoms with Gasteiger partial charge in [0.1, 0.15) is 0 Å². The van der Waals surface area contributed by atoms with Gasteiger partial charge in [0, 0.05) is 30.9 Å². The molecule has 1 saturated heterocycles. The average Bonchev–Trinajstić information content (AvgIpc) is 3.19. The monoisotopic (exact) mass is 394 g/mol. The Morgan fingerprint density at radius 1 is 1.21 bits per heavy atom. The van der Waals surface area contributed by atoms with E-state index < -0.39 is 0 Å². The standard InChI is InChI=1S/C23H30N4O2/c1-16-5-7-19(8-6-16)15-25-23(29)26-20-11-9-18(10-12-20)14-22(28)27-13-3-4-21(27)17(2)24/h5-9,11,21H,2-4,10,12-15,24H2,1H3,(H2,25,26,29)/t21-/m0/s1. The van der Waals surface area contributed by atoms with E-state index in [9.17, 15) is 9.59 Å². The lowest BCUT2D eigenvalue weighted by Crippen LogP contribution is -2.38. The van der Waals surface area contributed by atoms with Gasteiger partial charge < -0.3 is 21.3 Å². The van der Waals surface area contributed by atoms with E-state index in [0.29, 0.717) is 25.1 Å². The topological polar surface area (TPSA) is 87.5 Å². The van der Waals surface area contributed by atoms with Crippen LogP contribution in [0, 0.1) is 6.92 Å². The minimum absolute atomic E-state index is 0.0308. The summed E-state index contributed by atoms with van der Waals surface area (Å²) in [6.07, 6.45) is 7.57. The van der Waals surface area contributed by atoms with Gasteiger partial charge in [-0.1, -0.05) is 48.1 Å². The van der Waals surface area contributed by atoms with E-state index in [1.165, 1.54) is 5.56 Å². The third-order valence-corrected chi connectivity index (χ3v) is 5.46. The highest BCUT2D eigenvalue weighted by Gasteiger charge is 2.29. The predicted molar refractivity (Wildman–Crippen MR) is 115 cm³/mol. The first kappa shape index (κ1) is 20.7. The Bertz CT molecular complexity index is 839. The van der Waals surface area contributed by atoms with Gasteiger partial charge in [0.05, 0.1) is 6.04 Å². The Labute approximate surface area is 172 Å². The molecule has 1 fully saturated rings. The van der Waals surface area contributed by atoms with Gasteiger partial charge in [-0.15, -0.1) is 0 Å². The van der Waals surface area contributed by atoms with Crippen molar-refractivity contribution in [2.45, 2.75) is 51.6 Å². The van der Waals surface area contributed by atoms with Crippen molar-refractivity contribution in [3.63, 3.8) is 0 Å². The van der Waals surface area contributed by atoms with Gasteiger partial charge >= 0.3 is 6.03 Å². The SMILES string of the molecule is C=C(N)[C@@H]1CCCN1C(=O)CC1=CC=C(NC(=O)NCc2ccc(C)cc2)CC1. The van der Waals surface area contributed by atoms with Crippen LogP contribution in [0.2, 0.25) is 0 Å². The summed E-state index contributed by atoms with van der Waals surface area (Å²) >= 11 is 0. The van der Waals surface area contributed by atoms with Crippen molar-refractivity contribution >= 4 is 11.9 Å². The number of likely N-dealkylation sites (tertiary alicyclic amines) is 1. The number of hydrogen-bond donors (Lipinski definition) is 3. The fourth-order valence-electron chi connectivity index (χ4n) is 3.76. The van der Waals surface area contributed by atoms with E-state index in [-0.39, 0.29) is 18.0 Å². The highest BCUT2D eigenvalue weighted by Crippen LogP contribution is 2.25. The number of rotatable bonds is 6. The molecule has 0 radical (unpaired) electrons. The Balaban J connectivity index is 1.47. The molecule has 0 bridgehead atoms. The second-order valence-corrected chi connectivity index (χ2v) is 7.81. The van der Waals surface area contributed by atoms with Crippen molar-refractivity contribution in [2.24, 2.45) is 5.73 Å². The summed E-state index contributed by atoms with van der Waals surface area (Å²) in [5.41, 5.74) is 10.6. The lowest BCUT2D eigenvalue weighted by Gasteiger charge is -2.25. The number of urea groups is 1. The van der Waals surface area contributed by atoms with Crippen LogP contribution in [0.3, 0.4) is 0 Å². The second-order valence-electron chi connectivity index (χ2n) is 7.81. The number of hydrogen-bond acceptors (Lipinski definition) is 3. The molecule has 1 aromatic rings. The van der Waals surface area contributed by atoms with Crippen molar-refractivity contribution in [2.75, 3.05) is 6.54 Å². The summed E-state index contributed by atoms with van der Waals surface area (Å²) in [5.74, 6) is 0.103. The van der Waals surface area contributed by atoms with E-state index in [1.54, 1.807) is 0 Å². The van der Waals surface area contributed by atoms with Crippen molar-refractivity contribution in [3.05, 3.63) is 71.1 Å². The van der Waals surface area contributed by atoms with Gasteiger partial charge in [0.25, 0.3) is 0 Å². The van der Waals surface area contributed by atoms with Crippen LogP contribution in [0.15, 0.2) is 60.0 Å². The first-order valence-corrected chi connectivity index (χ1v) is 10.1. The van der Waals surface area contributed by atoms with Crippen LogP contribution >= 0.6 is 0 Å². The van der Waals surface area contributed by atoms with Crippen molar-refractivity contribution < 1.29 is 9.59 Å². The number of nitrogens with zero attached hydrogens (tertiary/aromatic N) is 1. The van der Waals surface area contributed by atoms with Gasteiger partial charge in [0.2, 0.25) is 5.91 Å². The first-order valence-electron chi connectivity index (χ1n) is 10.1. The third kappa shape index (κ3) is 5.73. The third-order valence-electron chi connectivity index (χ3n) is 5.46. The molecule has 154 valence electrons. The number of nitrogens with one attached hydrogen (secondary N) is 2. The smallest absolute Gasteiger partial charge is 0.319 e. The molecule has 1 atom stereocenters. The molecule has 0 spiro atoms. The van der Waals surface area contributed by atoms with Crippen LogP contribution < -0.4 is 16.4 Å². The predicted octanol–water partition coefficient (Wildman–Crippen LogP) is 3.25. The Morgan fingerprint density at radius 2 is 1.97 bits per heavy atom. The number of amides is 3. The summed E-state index contributed by atoms with van der Waals surface area (Å²) in [5, 5.41) is 5.76. The minimum Gasteiger partial charge on any atom is -0.401 e. The minimum atomic E-state index is -0.217. The molecule has 0 unspecified atom stereocenters. The normalized spacial score (nSPS) is 18.7. The van der Waals surface area contributed by atoms with Gasteiger partial charge in [0.15, 0.2) is 0 Å². The molecule has 3 amide bonds. The zero-order valence-corrected chi connectivity index (χ0v) is 17.0. The van der Waals surface area contributed by atoms with E-state index in [4.69, 9.17) is 5.73 Å². The van der Waals surface area contributed by atoms with Gasteiger partial charge in [-0.25, -0.2) is 4.79 Å². The fraction of sp³-hybridized carbons (Fsp3) is 0.391. The number of nitrogens with two attached hydrogens (primary N) is 1. The molecule has 1 aliphatic carbocycles. The Hall–Kier alpha value is -3.02. The van der Waals surface area contributed by atoms with E-state index >= 15 is 0 Å². The molecular formula is C23H30N4O2. The highest BCUT2D eigenvalue weighted by atomic mass is 16.2. The van der Waals surface area contributed by atoms with Crippen LogP contribution in [0.25, 0.3) is 0 Å². The molecular weight excluding hydrogens is 364 g/mol. The zero-order chi connectivity index (χ0) is 20.8. The number of carbonyl (C=O) groups excluding carboxylic acids is 2. The molecule has 4 N–H and O–H groups in total. The molecule has 29 heavy (non-hydrogen) atoms. The van der Waals surface area contributed by atoms with Crippen LogP contribution in [0.1, 0.15) is 43.2 Å². The molecule has 2 aliphatic rings. The van der Waals surface area contributed by atoms with E-state index in [1.807, 2.05) is 48.2 Å². The molecule has 6 heteroatoms. The van der Waals surface area contributed by atoms with E-state index in [2.05, 4.69) is 17.2 Å². The summed E-state index contributed by atoms with van der Waals surface area (Å²) < 4.78 is 0. The van der Waals surface area contributed by atoms with Crippen LogP contribution in [-0.2, 0) is 11.3 Å². The van der Waals surface area contributed by atoms with Crippen LogP contribution in [-0.4, -0.2) is 29.4 Å². The molecule has 3 rings (SSSR count). The van der Waals surface area contributed by atoms with Crippen molar-refractivity contribution in [1.82, 2.24) is 15.5 Å². The first-order chi connectivity index (χ1) is 13.9. The van der Waals surface area contributed by atoms with Crippen LogP contribution in [0.5, 0.6) is 0 Å². The van der Waals surface area contributed by atoms with Crippen LogP contribution in [0.4, 0.5) is 4.79 Å². The van der Waals surface area contributed by atoms with Crippen molar-refractivity contribution in [3.8, 4) is 0 Å². The van der Waals surface area contributed by atoms with E-state index in [0.717, 1.165) is 42.6 Å². The van der Waals surface area contributed by atoms with Gasteiger partial charge in [-0.3, -0.25) is 4.79 Å². The molecule has 1 aliphatic heterocycles. The maximum absolute atomic E-state index is 12.6. The summed E-state index contributed by atoms with van der Waals surface area (Å²) in [7, 11) is 0. The highest BCUT2D eigenvalue weighted by molar-refractivity contribution is 5.80. The van der Waals surface area contributed by atoms with Gasteiger partial charge in [-0.05, 0) is 44.2 Å². The maximum atomic E-state index is 12.6. The lowest BCUT2D eigenvalue weighted by molar-refractivity contribution is -0.130. The Morgan fingerprint density at radius 3 is 2.62 bits per heavy atom. The number of allylic oxidation sites excluding steroid dienone is 3. The number of carbonyl (C=O) groups is 2. The summed E-state index contributed by atoms with van der Waals surface area (Å²) in [4.78, 5) is 26.6. The molecule has 0 aromatic heterocycles. The summed E-state index contributed by atoms with van der Waals surface area (Å²) in [6.45, 7) is 7.07. The maximum Gasteiger partial charge on any atom is 0.319 e. The molecule has 6 nitrogen and oxygen atoms in total. The van der Waals surface area contributed by atoms with Crippen molar-refractivity contribution in [1.29, 1.82) is 0 Å². The fourth-order valence-corrected chi connectivity index (χ4v) is 3.76. The second kappa shape index (κ2) is 9.45. The number of aryl methyl sites for hydroxylation is 1. The molecule has 0 saturated carbocycles. The Kier molecular flexibility index (Phi) is 6.75. The number of benzene rings is 1. The lowest BCUT2D eigenvalue weighted by atomic mass is 9.99. The quantitative estimate of drug-likeness (QED) is 0.692. The summed E-state index contributed by atoms with van der Waals surface area (Å²) in [6, 6.07) is 7.82.